The van der Waals surface area contributed by atoms with Gasteiger partial charge in [0.25, 0.3) is 5.56 Å². The lowest BCUT2D eigenvalue weighted by atomic mass is 9.94. The summed E-state index contributed by atoms with van der Waals surface area (Å²) in [7, 11) is 0. The topological polar surface area (TPSA) is 73.9 Å². The smallest absolute Gasteiger partial charge is 0.276 e. The molecule has 2 heterocycles. The standard InChI is InChI=1S/C17H16N4O/c1-3-14-15(11(2)12-7-5-4-6-8-12)20-16-13(9-18)10-19-21(16)17(14)22/h4-8,10-11,19H,3H2,1-2H3. The molecule has 3 rings (SSSR count). The molecule has 3 aromatic rings. The molecule has 0 fully saturated rings. The average Bonchev–Trinajstić information content (AvgIpc) is 2.98. The van der Waals surface area contributed by atoms with Gasteiger partial charge < -0.3 is 0 Å². The lowest BCUT2D eigenvalue weighted by Crippen LogP contribution is -2.23. The van der Waals surface area contributed by atoms with Gasteiger partial charge in [-0.15, -0.1) is 0 Å². The highest BCUT2D eigenvalue weighted by Crippen LogP contribution is 2.25. The highest BCUT2D eigenvalue weighted by molar-refractivity contribution is 5.55. The van der Waals surface area contributed by atoms with Crippen molar-refractivity contribution >= 4 is 5.65 Å². The summed E-state index contributed by atoms with van der Waals surface area (Å²) in [4.78, 5) is 17.3. The van der Waals surface area contributed by atoms with Crippen LogP contribution in [0.5, 0.6) is 0 Å². The molecule has 0 aliphatic heterocycles. The van der Waals surface area contributed by atoms with E-state index in [4.69, 9.17) is 5.26 Å². The van der Waals surface area contributed by atoms with Crippen LogP contribution in [0.4, 0.5) is 0 Å². The van der Waals surface area contributed by atoms with Gasteiger partial charge in [-0.1, -0.05) is 44.2 Å². The molecule has 0 radical (unpaired) electrons. The molecule has 0 saturated carbocycles. The molecule has 0 saturated heterocycles. The second-order valence-corrected chi connectivity index (χ2v) is 5.22. The zero-order chi connectivity index (χ0) is 15.7. The van der Waals surface area contributed by atoms with Crippen molar-refractivity contribution in [2.75, 3.05) is 0 Å². The Morgan fingerprint density at radius 3 is 2.73 bits per heavy atom. The van der Waals surface area contributed by atoms with E-state index in [-0.39, 0.29) is 11.5 Å². The van der Waals surface area contributed by atoms with E-state index in [0.29, 0.717) is 23.2 Å². The van der Waals surface area contributed by atoms with Crippen molar-refractivity contribution < 1.29 is 0 Å². The van der Waals surface area contributed by atoms with Gasteiger partial charge in [0.15, 0.2) is 5.65 Å². The van der Waals surface area contributed by atoms with Gasteiger partial charge in [-0.05, 0) is 12.0 Å². The summed E-state index contributed by atoms with van der Waals surface area (Å²) in [6.07, 6.45) is 2.11. The molecule has 5 heteroatoms. The Kier molecular flexibility index (Phi) is 3.51. The fraction of sp³-hybridized carbons (Fsp3) is 0.235. The largest absolute Gasteiger partial charge is 0.295 e. The molecular weight excluding hydrogens is 276 g/mol. The Morgan fingerprint density at radius 2 is 2.09 bits per heavy atom. The molecule has 0 amide bonds. The third-order valence-corrected chi connectivity index (χ3v) is 3.97. The van der Waals surface area contributed by atoms with Crippen LogP contribution in [0.15, 0.2) is 41.3 Å². The van der Waals surface area contributed by atoms with E-state index in [1.165, 1.54) is 10.7 Å². The van der Waals surface area contributed by atoms with Crippen LogP contribution in [0.2, 0.25) is 0 Å². The van der Waals surface area contributed by atoms with Crippen molar-refractivity contribution in [3.8, 4) is 6.07 Å². The Labute approximate surface area is 127 Å². The Bertz CT molecular complexity index is 915. The number of aromatic nitrogens is 3. The van der Waals surface area contributed by atoms with Crippen molar-refractivity contribution in [3.05, 3.63) is 69.3 Å². The molecular formula is C17H16N4O. The van der Waals surface area contributed by atoms with Gasteiger partial charge in [-0.2, -0.15) is 5.26 Å². The van der Waals surface area contributed by atoms with Crippen LogP contribution in [0, 0.1) is 11.3 Å². The molecule has 110 valence electrons. The summed E-state index contributed by atoms with van der Waals surface area (Å²) in [5.41, 5.74) is 3.16. The van der Waals surface area contributed by atoms with Gasteiger partial charge in [-0.25, -0.2) is 9.50 Å². The predicted octanol–water partition coefficient (Wildman–Crippen LogP) is 2.61. The molecule has 1 aromatic carbocycles. The molecule has 2 aromatic heterocycles. The monoisotopic (exact) mass is 292 g/mol. The van der Waals surface area contributed by atoms with Gasteiger partial charge in [0, 0.05) is 17.7 Å². The molecule has 5 nitrogen and oxygen atoms in total. The van der Waals surface area contributed by atoms with E-state index in [1.807, 2.05) is 44.2 Å². The first kappa shape index (κ1) is 14.1. The maximum absolute atomic E-state index is 12.6. The number of aromatic amines is 1. The highest BCUT2D eigenvalue weighted by Gasteiger charge is 2.20. The van der Waals surface area contributed by atoms with Gasteiger partial charge in [-0.3, -0.25) is 9.89 Å². The fourth-order valence-electron chi connectivity index (χ4n) is 2.74. The second-order valence-electron chi connectivity index (χ2n) is 5.22. The van der Waals surface area contributed by atoms with Gasteiger partial charge in [0.1, 0.15) is 11.6 Å². The number of rotatable bonds is 3. The lowest BCUT2D eigenvalue weighted by Gasteiger charge is -2.15. The third-order valence-electron chi connectivity index (χ3n) is 3.97. The first-order valence-electron chi connectivity index (χ1n) is 7.25. The highest BCUT2D eigenvalue weighted by atomic mass is 16.1. The summed E-state index contributed by atoms with van der Waals surface area (Å²) in [5.74, 6) is -0.00436. The van der Waals surface area contributed by atoms with Crippen LogP contribution in [-0.2, 0) is 6.42 Å². The summed E-state index contributed by atoms with van der Waals surface area (Å²) in [6, 6.07) is 12.0. The Balaban J connectivity index is 2.29. The number of nitrogens with zero attached hydrogens (tertiary/aromatic N) is 3. The minimum Gasteiger partial charge on any atom is -0.295 e. The van der Waals surface area contributed by atoms with Crippen LogP contribution in [0.1, 0.15) is 42.1 Å². The maximum atomic E-state index is 12.6. The molecule has 0 spiro atoms. The number of nitriles is 1. The van der Waals surface area contributed by atoms with E-state index >= 15 is 0 Å². The molecule has 0 aliphatic carbocycles. The van der Waals surface area contributed by atoms with E-state index in [9.17, 15) is 4.79 Å². The van der Waals surface area contributed by atoms with E-state index < -0.39 is 0 Å². The summed E-state index contributed by atoms with van der Waals surface area (Å²) in [5, 5.41) is 12.0. The van der Waals surface area contributed by atoms with Crippen molar-refractivity contribution in [3.63, 3.8) is 0 Å². The van der Waals surface area contributed by atoms with E-state index in [2.05, 4.69) is 16.2 Å². The third kappa shape index (κ3) is 2.09. The maximum Gasteiger partial charge on any atom is 0.276 e. The molecule has 0 aliphatic rings. The zero-order valence-electron chi connectivity index (χ0n) is 12.5. The summed E-state index contributed by atoms with van der Waals surface area (Å²) >= 11 is 0. The predicted molar refractivity (Wildman–Crippen MR) is 83.9 cm³/mol. The number of nitrogens with one attached hydrogen (secondary N) is 1. The Hall–Kier alpha value is -2.87. The van der Waals surface area contributed by atoms with Crippen molar-refractivity contribution in [2.45, 2.75) is 26.2 Å². The SMILES string of the molecule is CCc1c(C(C)c2ccccc2)nc2c(C#N)c[nH]n2c1=O. The Morgan fingerprint density at radius 1 is 1.36 bits per heavy atom. The van der Waals surface area contributed by atoms with Gasteiger partial charge in [0.05, 0.1) is 5.69 Å². The first-order chi connectivity index (χ1) is 10.7. The lowest BCUT2D eigenvalue weighted by molar-refractivity contribution is 0.791. The van der Waals surface area contributed by atoms with Gasteiger partial charge >= 0.3 is 0 Å². The molecule has 0 bridgehead atoms. The minimum atomic E-state index is -0.133. The first-order valence-corrected chi connectivity index (χ1v) is 7.25. The second kappa shape index (κ2) is 5.49. The van der Waals surface area contributed by atoms with Crippen LogP contribution in [0.25, 0.3) is 5.65 Å². The van der Waals surface area contributed by atoms with E-state index in [1.54, 1.807) is 0 Å². The summed E-state index contributed by atoms with van der Waals surface area (Å²) in [6.45, 7) is 3.98. The quantitative estimate of drug-likeness (QED) is 0.806. The van der Waals surface area contributed by atoms with E-state index in [0.717, 1.165) is 11.3 Å². The van der Waals surface area contributed by atoms with Gasteiger partial charge in [0.2, 0.25) is 0 Å². The van der Waals surface area contributed by atoms with Crippen molar-refractivity contribution in [1.29, 1.82) is 5.26 Å². The fourth-order valence-corrected chi connectivity index (χ4v) is 2.74. The van der Waals surface area contributed by atoms with Crippen LogP contribution < -0.4 is 5.56 Å². The van der Waals surface area contributed by atoms with Crippen LogP contribution >= 0.6 is 0 Å². The minimum absolute atomic E-state index is 0.00436. The number of hydrogen-bond acceptors (Lipinski definition) is 3. The molecule has 1 atom stereocenters. The number of hydrogen-bond donors (Lipinski definition) is 1. The number of fused-ring (bicyclic) bond motifs is 1. The van der Waals surface area contributed by atoms with Crippen molar-refractivity contribution in [2.24, 2.45) is 0 Å². The molecule has 1 N–H and O–H groups in total. The van der Waals surface area contributed by atoms with Crippen LogP contribution in [0.3, 0.4) is 0 Å². The van der Waals surface area contributed by atoms with Crippen LogP contribution in [-0.4, -0.2) is 14.6 Å². The van der Waals surface area contributed by atoms with Crippen molar-refractivity contribution in [1.82, 2.24) is 14.6 Å². The number of H-pyrrole nitrogens is 1. The number of benzene rings is 1. The molecule has 1 unspecified atom stereocenters. The molecule has 22 heavy (non-hydrogen) atoms. The summed E-state index contributed by atoms with van der Waals surface area (Å²) < 4.78 is 1.35. The average molecular weight is 292 g/mol. The normalized spacial score (nSPS) is 12.2. The zero-order valence-corrected chi connectivity index (χ0v) is 12.5.